The summed E-state index contributed by atoms with van der Waals surface area (Å²) in [5.41, 5.74) is 0.0375. The fourth-order valence-corrected chi connectivity index (χ4v) is 1.47. The predicted molar refractivity (Wildman–Crippen MR) is 83.8 cm³/mol. The molecule has 0 spiro atoms. The predicted octanol–water partition coefficient (Wildman–Crippen LogP) is 1.33. The highest BCUT2D eigenvalue weighted by atomic mass is 16.4. The van der Waals surface area contributed by atoms with Gasteiger partial charge in [-0.25, -0.2) is 14.8 Å². The fraction of sp³-hybridized carbons (Fsp3) is 0.467. The Balaban J connectivity index is 2.83. The van der Waals surface area contributed by atoms with E-state index in [0.717, 1.165) is 0 Å². The van der Waals surface area contributed by atoms with E-state index in [-0.39, 0.29) is 11.0 Å². The van der Waals surface area contributed by atoms with Crippen molar-refractivity contribution in [1.82, 2.24) is 15.3 Å². The van der Waals surface area contributed by atoms with Crippen molar-refractivity contribution in [2.45, 2.75) is 26.8 Å². The van der Waals surface area contributed by atoms with Crippen LogP contribution in [-0.2, 0) is 4.79 Å². The molecule has 1 aromatic rings. The third-order valence-corrected chi connectivity index (χ3v) is 2.64. The van der Waals surface area contributed by atoms with Crippen molar-refractivity contribution in [3.05, 3.63) is 30.1 Å². The Hall–Kier alpha value is -2.44. The van der Waals surface area contributed by atoms with Crippen molar-refractivity contribution in [1.29, 1.82) is 0 Å². The van der Waals surface area contributed by atoms with Crippen LogP contribution in [0, 0.1) is 5.41 Å². The molecule has 1 amide bonds. The molecule has 2 N–H and O–H groups in total. The van der Waals surface area contributed by atoms with Gasteiger partial charge in [0.15, 0.2) is 0 Å². The van der Waals surface area contributed by atoms with Gasteiger partial charge in [0.2, 0.25) is 5.95 Å². The third-order valence-electron chi connectivity index (χ3n) is 2.64. The number of hydrogen-bond acceptors (Lipinski definition) is 5. The van der Waals surface area contributed by atoms with Crippen LogP contribution in [0.3, 0.4) is 0 Å². The zero-order valence-corrected chi connectivity index (χ0v) is 13.5. The van der Waals surface area contributed by atoms with E-state index in [1.54, 1.807) is 25.1 Å². The van der Waals surface area contributed by atoms with Crippen LogP contribution in [0.1, 0.15) is 31.1 Å². The summed E-state index contributed by atoms with van der Waals surface area (Å²) in [6, 6.07) is -1.10. The summed E-state index contributed by atoms with van der Waals surface area (Å²) in [7, 11) is 3.57. The first-order chi connectivity index (χ1) is 10.1. The first kappa shape index (κ1) is 17.6. The Labute approximate surface area is 130 Å². The van der Waals surface area contributed by atoms with Crippen molar-refractivity contribution in [3.8, 4) is 0 Å². The SMILES string of the molecule is CN(C)c1ncc(C(=O)NC(/C=C/C(C)(C)C)C(=O)O)cn1. The molecule has 0 aliphatic rings. The summed E-state index contributed by atoms with van der Waals surface area (Å²) in [5, 5.41) is 11.6. The number of aromatic nitrogens is 2. The second-order valence-electron chi connectivity index (χ2n) is 6.18. The highest BCUT2D eigenvalue weighted by Gasteiger charge is 2.19. The van der Waals surface area contributed by atoms with Crippen molar-refractivity contribution >= 4 is 17.8 Å². The Morgan fingerprint density at radius 3 is 2.23 bits per heavy atom. The molecule has 0 radical (unpaired) electrons. The number of anilines is 1. The molecule has 1 atom stereocenters. The summed E-state index contributed by atoms with van der Waals surface area (Å²) in [6.07, 6.45) is 5.95. The van der Waals surface area contributed by atoms with Crippen LogP contribution in [0.5, 0.6) is 0 Å². The summed E-state index contributed by atoms with van der Waals surface area (Å²) >= 11 is 0. The number of nitrogens with one attached hydrogen (secondary N) is 1. The lowest BCUT2D eigenvalue weighted by Crippen LogP contribution is -2.39. The molecule has 22 heavy (non-hydrogen) atoms. The van der Waals surface area contributed by atoms with Gasteiger partial charge >= 0.3 is 5.97 Å². The number of carbonyl (C=O) groups excluding carboxylic acids is 1. The van der Waals surface area contributed by atoms with Gasteiger partial charge < -0.3 is 15.3 Å². The molecule has 1 aromatic heterocycles. The topological polar surface area (TPSA) is 95.4 Å². The Morgan fingerprint density at radius 2 is 1.82 bits per heavy atom. The number of carboxylic acids is 1. The Bertz CT molecular complexity index is 559. The minimum Gasteiger partial charge on any atom is -0.479 e. The van der Waals surface area contributed by atoms with Crippen LogP contribution in [0.2, 0.25) is 0 Å². The molecule has 0 aromatic carbocycles. The number of hydrogen-bond donors (Lipinski definition) is 2. The standard InChI is InChI=1S/C15H22N4O3/c1-15(2,3)7-6-11(13(21)22)18-12(20)10-8-16-14(17-9-10)19(4)5/h6-9,11H,1-5H3,(H,18,20)(H,21,22)/b7-6+. The van der Waals surface area contributed by atoms with Crippen LogP contribution in [-0.4, -0.2) is 47.1 Å². The second kappa shape index (κ2) is 7.02. The summed E-state index contributed by atoms with van der Waals surface area (Å²) in [5.74, 6) is -1.19. The van der Waals surface area contributed by atoms with Crippen molar-refractivity contribution < 1.29 is 14.7 Å². The third kappa shape index (κ3) is 5.51. The highest BCUT2D eigenvalue weighted by Crippen LogP contribution is 2.15. The molecular formula is C15H22N4O3. The fourth-order valence-electron chi connectivity index (χ4n) is 1.47. The maximum Gasteiger partial charge on any atom is 0.330 e. The molecule has 0 saturated heterocycles. The zero-order chi connectivity index (χ0) is 16.9. The van der Waals surface area contributed by atoms with Gasteiger partial charge in [0.25, 0.3) is 5.91 Å². The van der Waals surface area contributed by atoms with E-state index in [2.05, 4.69) is 15.3 Å². The molecular weight excluding hydrogens is 284 g/mol. The van der Waals surface area contributed by atoms with Gasteiger partial charge in [-0.1, -0.05) is 32.9 Å². The lowest BCUT2D eigenvalue weighted by atomic mass is 9.95. The minimum absolute atomic E-state index is 0.172. The average Bonchev–Trinajstić information content (AvgIpc) is 2.41. The molecule has 0 fully saturated rings. The molecule has 7 heteroatoms. The van der Waals surface area contributed by atoms with Crippen molar-refractivity contribution in [3.63, 3.8) is 0 Å². The van der Waals surface area contributed by atoms with Crippen LogP contribution in [0.4, 0.5) is 5.95 Å². The lowest BCUT2D eigenvalue weighted by Gasteiger charge is -2.15. The highest BCUT2D eigenvalue weighted by molar-refractivity contribution is 5.96. The summed E-state index contributed by atoms with van der Waals surface area (Å²) in [6.45, 7) is 5.83. The van der Waals surface area contributed by atoms with Gasteiger partial charge in [0.05, 0.1) is 5.56 Å². The first-order valence-electron chi connectivity index (χ1n) is 6.82. The van der Waals surface area contributed by atoms with Gasteiger partial charge in [0.1, 0.15) is 6.04 Å². The van der Waals surface area contributed by atoms with Crippen molar-refractivity contribution in [2.24, 2.45) is 5.41 Å². The monoisotopic (exact) mass is 306 g/mol. The molecule has 1 heterocycles. The quantitative estimate of drug-likeness (QED) is 0.797. The number of carbonyl (C=O) groups is 2. The van der Waals surface area contributed by atoms with Gasteiger partial charge in [-0.05, 0) is 5.41 Å². The zero-order valence-electron chi connectivity index (χ0n) is 13.5. The number of amides is 1. The number of aliphatic carboxylic acids is 1. The van der Waals surface area contributed by atoms with Gasteiger partial charge in [0, 0.05) is 26.5 Å². The van der Waals surface area contributed by atoms with E-state index in [1.807, 2.05) is 20.8 Å². The molecule has 0 saturated carbocycles. The number of allylic oxidation sites excluding steroid dienone is 1. The molecule has 120 valence electrons. The van der Waals surface area contributed by atoms with Crippen LogP contribution in [0.25, 0.3) is 0 Å². The molecule has 7 nitrogen and oxygen atoms in total. The van der Waals surface area contributed by atoms with Crippen LogP contribution < -0.4 is 10.2 Å². The van der Waals surface area contributed by atoms with Gasteiger partial charge in [-0.2, -0.15) is 0 Å². The van der Waals surface area contributed by atoms with E-state index in [9.17, 15) is 14.7 Å². The normalized spacial score (nSPS) is 13.0. The number of carboxylic acid groups (broad SMARTS) is 1. The molecule has 0 aliphatic heterocycles. The average molecular weight is 306 g/mol. The van der Waals surface area contributed by atoms with E-state index < -0.39 is 17.9 Å². The van der Waals surface area contributed by atoms with Crippen molar-refractivity contribution in [2.75, 3.05) is 19.0 Å². The molecule has 0 aliphatic carbocycles. The van der Waals surface area contributed by atoms with E-state index in [1.165, 1.54) is 18.5 Å². The van der Waals surface area contributed by atoms with Gasteiger partial charge in [-0.15, -0.1) is 0 Å². The Kier molecular flexibility index (Phi) is 5.62. The molecule has 0 bridgehead atoms. The Morgan fingerprint density at radius 1 is 1.27 bits per heavy atom. The van der Waals surface area contributed by atoms with E-state index in [4.69, 9.17) is 0 Å². The molecule has 1 unspecified atom stereocenters. The maximum absolute atomic E-state index is 12.1. The smallest absolute Gasteiger partial charge is 0.330 e. The largest absolute Gasteiger partial charge is 0.479 e. The first-order valence-corrected chi connectivity index (χ1v) is 6.82. The van der Waals surface area contributed by atoms with Crippen LogP contribution >= 0.6 is 0 Å². The van der Waals surface area contributed by atoms with E-state index in [0.29, 0.717) is 5.95 Å². The summed E-state index contributed by atoms with van der Waals surface area (Å²) in [4.78, 5) is 33.0. The van der Waals surface area contributed by atoms with E-state index >= 15 is 0 Å². The minimum atomic E-state index is -1.13. The number of rotatable bonds is 5. The molecule has 1 rings (SSSR count). The van der Waals surface area contributed by atoms with Crippen LogP contribution in [0.15, 0.2) is 24.5 Å². The lowest BCUT2D eigenvalue weighted by molar-refractivity contribution is -0.137. The number of nitrogens with zero attached hydrogens (tertiary/aromatic N) is 3. The maximum atomic E-state index is 12.1. The second-order valence-corrected chi connectivity index (χ2v) is 6.18. The van der Waals surface area contributed by atoms with Gasteiger partial charge in [-0.3, -0.25) is 4.79 Å². The summed E-state index contributed by atoms with van der Waals surface area (Å²) < 4.78 is 0.